The number of nitrogens with zero attached hydrogens (tertiary/aromatic N) is 2. The summed E-state index contributed by atoms with van der Waals surface area (Å²) in [6.07, 6.45) is 7.55. The number of hydrogen-bond acceptors (Lipinski definition) is 2. The molecule has 1 aromatic rings. The molecule has 2 heteroatoms. The second-order valence-electron chi connectivity index (χ2n) is 6.05. The number of hydrogen-bond donors (Lipinski definition) is 0. The van der Waals surface area contributed by atoms with Crippen molar-refractivity contribution in [1.82, 2.24) is 9.88 Å². The highest BCUT2D eigenvalue weighted by Crippen LogP contribution is 2.17. The van der Waals surface area contributed by atoms with Crippen molar-refractivity contribution in [3.63, 3.8) is 0 Å². The van der Waals surface area contributed by atoms with Gasteiger partial charge in [0.15, 0.2) is 0 Å². The largest absolute Gasteiger partial charge is 0.299 e. The maximum absolute atomic E-state index is 4.21. The van der Waals surface area contributed by atoms with Crippen LogP contribution in [-0.4, -0.2) is 28.5 Å². The Labute approximate surface area is 119 Å². The van der Waals surface area contributed by atoms with E-state index in [1.807, 2.05) is 18.5 Å². The zero-order valence-electron chi connectivity index (χ0n) is 13.3. The van der Waals surface area contributed by atoms with E-state index in [1.165, 1.54) is 24.9 Å². The van der Waals surface area contributed by atoms with Gasteiger partial charge in [0.2, 0.25) is 0 Å². The number of rotatable bonds is 8. The van der Waals surface area contributed by atoms with Crippen LogP contribution in [0.2, 0.25) is 0 Å². The van der Waals surface area contributed by atoms with Crippen LogP contribution in [0.1, 0.15) is 53.0 Å². The number of aromatic nitrogens is 1. The lowest BCUT2D eigenvalue weighted by atomic mass is 9.94. The van der Waals surface area contributed by atoms with Gasteiger partial charge < -0.3 is 0 Å². The summed E-state index contributed by atoms with van der Waals surface area (Å²) in [4.78, 5) is 6.80. The van der Waals surface area contributed by atoms with E-state index in [-0.39, 0.29) is 0 Å². The molecule has 2 nitrogen and oxygen atoms in total. The summed E-state index contributed by atoms with van der Waals surface area (Å²) in [5.74, 6) is 0.768. The van der Waals surface area contributed by atoms with Crippen LogP contribution < -0.4 is 0 Å². The van der Waals surface area contributed by atoms with Gasteiger partial charge in [-0.15, -0.1) is 0 Å². The Balaban J connectivity index is 2.48. The lowest BCUT2D eigenvalue weighted by Gasteiger charge is -2.31. The van der Waals surface area contributed by atoms with E-state index in [9.17, 15) is 0 Å². The van der Waals surface area contributed by atoms with Gasteiger partial charge in [0.05, 0.1) is 0 Å². The van der Waals surface area contributed by atoms with E-state index in [2.05, 4.69) is 50.6 Å². The minimum absolute atomic E-state index is 0.635. The zero-order chi connectivity index (χ0) is 14.3. The molecule has 19 heavy (non-hydrogen) atoms. The van der Waals surface area contributed by atoms with Gasteiger partial charge in [-0.2, -0.15) is 0 Å². The van der Waals surface area contributed by atoms with E-state index in [0.29, 0.717) is 12.1 Å². The van der Waals surface area contributed by atoms with Gasteiger partial charge in [0.25, 0.3) is 0 Å². The van der Waals surface area contributed by atoms with Crippen molar-refractivity contribution in [3.05, 3.63) is 30.1 Å². The topological polar surface area (TPSA) is 16.1 Å². The summed E-state index contributed by atoms with van der Waals surface area (Å²) >= 11 is 0. The molecule has 1 aromatic heterocycles. The van der Waals surface area contributed by atoms with Crippen molar-refractivity contribution in [2.45, 2.75) is 66.0 Å². The Hall–Kier alpha value is -0.890. The molecule has 0 N–H and O–H groups in total. The monoisotopic (exact) mass is 262 g/mol. The van der Waals surface area contributed by atoms with Crippen LogP contribution in [0.15, 0.2) is 24.5 Å². The third kappa shape index (κ3) is 5.73. The van der Waals surface area contributed by atoms with Crippen molar-refractivity contribution < 1.29 is 0 Å². The van der Waals surface area contributed by atoms with Crippen molar-refractivity contribution in [3.8, 4) is 0 Å². The van der Waals surface area contributed by atoms with E-state index < -0.39 is 0 Å². The SMILES string of the molecule is CCC(CCN(C(C)C)C(C)C)Cc1cccnc1. The normalized spacial score (nSPS) is 13.5. The third-order valence-electron chi connectivity index (χ3n) is 3.95. The second kappa shape index (κ2) is 8.31. The second-order valence-corrected chi connectivity index (χ2v) is 6.05. The van der Waals surface area contributed by atoms with Crippen LogP contribution in [0.4, 0.5) is 0 Å². The predicted molar refractivity (Wildman–Crippen MR) is 83.3 cm³/mol. The van der Waals surface area contributed by atoms with Crippen LogP contribution in [0.5, 0.6) is 0 Å². The third-order valence-corrected chi connectivity index (χ3v) is 3.95. The molecule has 0 saturated heterocycles. The Morgan fingerprint density at radius 2 is 1.84 bits per heavy atom. The average Bonchev–Trinajstić information content (AvgIpc) is 2.38. The summed E-state index contributed by atoms with van der Waals surface area (Å²) in [6.45, 7) is 12.7. The summed E-state index contributed by atoms with van der Waals surface area (Å²) in [6, 6.07) is 5.50. The summed E-state index contributed by atoms with van der Waals surface area (Å²) in [5, 5.41) is 0. The molecule has 0 aliphatic heterocycles. The molecule has 0 spiro atoms. The highest BCUT2D eigenvalue weighted by atomic mass is 15.2. The summed E-state index contributed by atoms with van der Waals surface area (Å²) in [7, 11) is 0. The van der Waals surface area contributed by atoms with Crippen LogP contribution in [0.25, 0.3) is 0 Å². The lowest BCUT2D eigenvalue weighted by Crippen LogP contribution is -2.38. The minimum Gasteiger partial charge on any atom is -0.299 e. The van der Waals surface area contributed by atoms with Gasteiger partial charge in [-0.05, 0) is 64.6 Å². The zero-order valence-corrected chi connectivity index (χ0v) is 13.3. The first kappa shape index (κ1) is 16.2. The lowest BCUT2D eigenvalue weighted by molar-refractivity contribution is 0.161. The highest BCUT2D eigenvalue weighted by molar-refractivity contribution is 5.09. The van der Waals surface area contributed by atoms with Gasteiger partial charge in [-0.1, -0.05) is 19.4 Å². The molecule has 0 bridgehead atoms. The molecule has 0 aromatic carbocycles. The highest BCUT2D eigenvalue weighted by Gasteiger charge is 2.15. The van der Waals surface area contributed by atoms with Crippen LogP contribution in [0, 0.1) is 5.92 Å². The predicted octanol–water partition coefficient (Wildman–Crippen LogP) is 4.16. The first-order chi connectivity index (χ1) is 9.04. The maximum Gasteiger partial charge on any atom is 0.0299 e. The van der Waals surface area contributed by atoms with Crippen molar-refractivity contribution in [2.24, 2.45) is 5.92 Å². The quantitative estimate of drug-likeness (QED) is 0.699. The van der Waals surface area contributed by atoms with E-state index in [1.54, 1.807) is 0 Å². The van der Waals surface area contributed by atoms with E-state index >= 15 is 0 Å². The maximum atomic E-state index is 4.21. The van der Waals surface area contributed by atoms with Crippen molar-refractivity contribution in [2.75, 3.05) is 6.54 Å². The molecule has 0 aliphatic carbocycles. The van der Waals surface area contributed by atoms with Gasteiger partial charge in [-0.25, -0.2) is 0 Å². The smallest absolute Gasteiger partial charge is 0.0299 e. The molecule has 0 saturated carbocycles. The molecule has 1 heterocycles. The van der Waals surface area contributed by atoms with E-state index in [0.717, 1.165) is 12.3 Å². The van der Waals surface area contributed by atoms with Gasteiger partial charge in [0, 0.05) is 24.5 Å². The molecular formula is C17H30N2. The first-order valence-corrected chi connectivity index (χ1v) is 7.69. The fraction of sp³-hybridized carbons (Fsp3) is 0.706. The molecule has 1 atom stereocenters. The van der Waals surface area contributed by atoms with E-state index in [4.69, 9.17) is 0 Å². The fourth-order valence-corrected chi connectivity index (χ4v) is 2.75. The van der Waals surface area contributed by atoms with Crippen molar-refractivity contribution in [1.29, 1.82) is 0 Å². The molecule has 1 rings (SSSR count). The van der Waals surface area contributed by atoms with Gasteiger partial charge in [-0.3, -0.25) is 9.88 Å². The Bertz CT molecular complexity index is 324. The Morgan fingerprint density at radius 1 is 1.16 bits per heavy atom. The average molecular weight is 262 g/mol. The van der Waals surface area contributed by atoms with Gasteiger partial charge >= 0.3 is 0 Å². The molecule has 0 amide bonds. The minimum atomic E-state index is 0.635. The Morgan fingerprint density at radius 3 is 2.32 bits per heavy atom. The molecule has 0 radical (unpaired) electrons. The van der Waals surface area contributed by atoms with Crippen LogP contribution >= 0.6 is 0 Å². The summed E-state index contributed by atoms with van der Waals surface area (Å²) in [5.41, 5.74) is 1.37. The van der Waals surface area contributed by atoms with Crippen LogP contribution in [-0.2, 0) is 6.42 Å². The van der Waals surface area contributed by atoms with Crippen LogP contribution in [0.3, 0.4) is 0 Å². The molecule has 0 fully saturated rings. The molecule has 0 aliphatic rings. The molecule has 1 unspecified atom stereocenters. The molecular weight excluding hydrogens is 232 g/mol. The fourth-order valence-electron chi connectivity index (χ4n) is 2.75. The van der Waals surface area contributed by atoms with Crippen molar-refractivity contribution >= 4 is 0 Å². The summed E-state index contributed by atoms with van der Waals surface area (Å²) < 4.78 is 0. The molecule has 108 valence electrons. The Kier molecular flexibility index (Phi) is 7.07. The van der Waals surface area contributed by atoms with Gasteiger partial charge in [0.1, 0.15) is 0 Å². The first-order valence-electron chi connectivity index (χ1n) is 7.69. The standard InChI is InChI=1S/C17H30N2/c1-6-16(12-17-8-7-10-18-13-17)9-11-19(14(2)3)15(4)5/h7-8,10,13-16H,6,9,11-12H2,1-5H3. The number of pyridine rings is 1.